The van der Waals surface area contributed by atoms with E-state index in [0.717, 1.165) is 21.8 Å². The van der Waals surface area contributed by atoms with Gasteiger partial charge in [0.05, 0.1) is 23.8 Å². The molecule has 1 aliphatic heterocycles. The lowest BCUT2D eigenvalue weighted by molar-refractivity contribution is 0.374. The van der Waals surface area contributed by atoms with E-state index in [2.05, 4.69) is 9.82 Å². The average Bonchev–Trinajstić information content (AvgIpc) is 3.08. The highest BCUT2D eigenvalue weighted by Crippen LogP contribution is 2.36. The Morgan fingerprint density at radius 2 is 1.82 bits per heavy atom. The molecule has 0 spiro atoms. The molecule has 0 fully saturated rings. The topological polar surface area (TPSA) is 95.9 Å². The highest BCUT2D eigenvalue weighted by atomic mass is 32.2. The lowest BCUT2D eigenvalue weighted by Gasteiger charge is -2.22. The fourth-order valence-electron chi connectivity index (χ4n) is 3.18. The van der Waals surface area contributed by atoms with Crippen molar-refractivity contribution in [2.75, 3.05) is 16.7 Å². The second kappa shape index (κ2) is 7.56. The first kappa shape index (κ1) is 20.3. The maximum absolute atomic E-state index is 12.3. The van der Waals surface area contributed by atoms with Crippen LogP contribution in [0, 0.1) is 6.92 Å². The van der Waals surface area contributed by atoms with Crippen molar-refractivity contribution in [3.63, 3.8) is 0 Å². The number of sulfonamides is 2. The molecule has 1 heterocycles. The Labute approximate surface area is 166 Å². The van der Waals surface area contributed by atoms with Crippen molar-refractivity contribution < 1.29 is 16.8 Å². The number of anilines is 1. The average molecular weight is 422 g/mol. The van der Waals surface area contributed by atoms with E-state index in [9.17, 15) is 16.8 Å². The largest absolute Gasteiger partial charge is 0.284 e. The van der Waals surface area contributed by atoms with Gasteiger partial charge >= 0.3 is 0 Å². The SMILES string of the molecule is CCS(=O)(=O)Nc1cccc(C2=NN(S(C)(=O)=O)[C@@H](c3ccccc3C)C2)c1. The zero-order chi connectivity index (χ0) is 20.5. The van der Waals surface area contributed by atoms with Gasteiger partial charge in [0, 0.05) is 12.1 Å². The first-order valence-electron chi connectivity index (χ1n) is 8.84. The van der Waals surface area contributed by atoms with E-state index >= 15 is 0 Å². The Morgan fingerprint density at radius 3 is 2.46 bits per heavy atom. The molecule has 28 heavy (non-hydrogen) atoms. The van der Waals surface area contributed by atoms with Gasteiger partial charge in [0.15, 0.2) is 0 Å². The molecule has 0 bridgehead atoms. The summed E-state index contributed by atoms with van der Waals surface area (Å²) in [6.07, 6.45) is 1.54. The third-order valence-corrected chi connectivity index (χ3v) is 6.93. The molecule has 9 heteroatoms. The number of nitrogens with one attached hydrogen (secondary N) is 1. The molecule has 3 rings (SSSR count). The molecule has 2 aromatic rings. The van der Waals surface area contributed by atoms with Crippen LogP contribution in [0.5, 0.6) is 0 Å². The second-order valence-electron chi connectivity index (χ2n) is 6.75. The number of hydrogen-bond donors (Lipinski definition) is 1. The van der Waals surface area contributed by atoms with Gasteiger partial charge in [0.2, 0.25) is 20.0 Å². The van der Waals surface area contributed by atoms with Gasteiger partial charge in [-0.2, -0.15) is 9.52 Å². The molecule has 1 aliphatic rings. The molecule has 7 nitrogen and oxygen atoms in total. The molecule has 0 aliphatic carbocycles. The lowest BCUT2D eigenvalue weighted by atomic mass is 9.96. The van der Waals surface area contributed by atoms with Gasteiger partial charge in [-0.15, -0.1) is 0 Å². The first-order chi connectivity index (χ1) is 13.1. The van der Waals surface area contributed by atoms with Crippen LogP contribution >= 0.6 is 0 Å². The Bertz CT molecular complexity index is 1130. The smallest absolute Gasteiger partial charge is 0.247 e. The van der Waals surface area contributed by atoms with Gasteiger partial charge < -0.3 is 0 Å². The third kappa shape index (κ3) is 4.36. The maximum atomic E-state index is 12.3. The Balaban J connectivity index is 1.98. The first-order valence-corrected chi connectivity index (χ1v) is 12.3. The minimum atomic E-state index is -3.57. The van der Waals surface area contributed by atoms with E-state index in [0.29, 0.717) is 23.4 Å². The summed E-state index contributed by atoms with van der Waals surface area (Å²) in [5, 5.41) is 4.37. The van der Waals surface area contributed by atoms with Crippen LogP contribution in [0.1, 0.15) is 36.1 Å². The van der Waals surface area contributed by atoms with Crippen LogP contribution in [0.25, 0.3) is 0 Å². The van der Waals surface area contributed by atoms with E-state index in [-0.39, 0.29) is 5.75 Å². The normalized spacial score (nSPS) is 17.5. The maximum Gasteiger partial charge on any atom is 0.247 e. The second-order valence-corrected chi connectivity index (χ2v) is 10.6. The summed E-state index contributed by atoms with van der Waals surface area (Å²) >= 11 is 0. The number of hydrogen-bond acceptors (Lipinski definition) is 5. The van der Waals surface area contributed by atoms with Crippen LogP contribution in [0.4, 0.5) is 5.69 Å². The summed E-state index contributed by atoms with van der Waals surface area (Å²) in [4.78, 5) is 0. The molecule has 0 amide bonds. The summed E-state index contributed by atoms with van der Waals surface area (Å²) in [5.41, 5.74) is 3.58. The van der Waals surface area contributed by atoms with Crippen LogP contribution < -0.4 is 4.72 Å². The van der Waals surface area contributed by atoms with Crippen molar-refractivity contribution in [3.05, 3.63) is 65.2 Å². The molecular weight excluding hydrogens is 398 g/mol. The monoisotopic (exact) mass is 421 g/mol. The predicted octanol–water partition coefficient (Wildman–Crippen LogP) is 2.87. The van der Waals surface area contributed by atoms with Crippen molar-refractivity contribution in [2.45, 2.75) is 26.3 Å². The molecule has 0 radical (unpaired) electrons. The Kier molecular flexibility index (Phi) is 5.49. The van der Waals surface area contributed by atoms with E-state index in [1.807, 2.05) is 31.2 Å². The van der Waals surface area contributed by atoms with Crippen molar-refractivity contribution in [1.29, 1.82) is 0 Å². The molecule has 0 saturated heterocycles. The standard InChI is InChI=1S/C19H23N3O4S2/c1-4-28(25,26)21-16-10-7-9-15(12-16)18-13-19(22(20-18)27(3,23)24)17-11-6-5-8-14(17)2/h5-12,19,21H,4,13H2,1-3H3/t19-/m1/s1. The molecule has 0 aromatic heterocycles. The zero-order valence-corrected chi connectivity index (χ0v) is 17.6. The van der Waals surface area contributed by atoms with Crippen LogP contribution in [0.15, 0.2) is 53.6 Å². The minimum absolute atomic E-state index is 0.0324. The quantitative estimate of drug-likeness (QED) is 0.776. The lowest BCUT2D eigenvalue weighted by Crippen LogP contribution is -2.26. The predicted molar refractivity (Wildman–Crippen MR) is 111 cm³/mol. The van der Waals surface area contributed by atoms with Crippen molar-refractivity contribution in [3.8, 4) is 0 Å². The fourth-order valence-corrected chi connectivity index (χ4v) is 4.70. The van der Waals surface area contributed by atoms with E-state index < -0.39 is 26.1 Å². The summed E-state index contributed by atoms with van der Waals surface area (Å²) in [6.45, 7) is 3.50. The van der Waals surface area contributed by atoms with Gasteiger partial charge in [-0.25, -0.2) is 16.8 Å². The summed E-state index contributed by atoms with van der Waals surface area (Å²) in [7, 11) is -6.97. The van der Waals surface area contributed by atoms with Crippen LogP contribution in [0.3, 0.4) is 0 Å². The van der Waals surface area contributed by atoms with Gasteiger partial charge in [-0.3, -0.25) is 4.72 Å². The van der Waals surface area contributed by atoms with Crippen molar-refractivity contribution in [1.82, 2.24) is 4.41 Å². The number of aryl methyl sites for hydroxylation is 1. The van der Waals surface area contributed by atoms with Crippen LogP contribution in [0.2, 0.25) is 0 Å². The van der Waals surface area contributed by atoms with Crippen molar-refractivity contribution in [2.24, 2.45) is 5.10 Å². The van der Waals surface area contributed by atoms with E-state index in [1.165, 1.54) is 0 Å². The van der Waals surface area contributed by atoms with Crippen LogP contribution in [-0.2, 0) is 20.0 Å². The van der Waals surface area contributed by atoms with Gasteiger partial charge in [-0.1, -0.05) is 36.4 Å². The molecule has 1 N–H and O–H groups in total. The Hall–Kier alpha value is -2.39. The number of benzene rings is 2. The van der Waals surface area contributed by atoms with E-state index in [1.54, 1.807) is 31.2 Å². The summed E-state index contributed by atoms with van der Waals surface area (Å²) in [5.74, 6) is -0.0324. The summed E-state index contributed by atoms with van der Waals surface area (Å²) in [6, 6.07) is 14.0. The van der Waals surface area contributed by atoms with Gasteiger partial charge in [0.25, 0.3) is 0 Å². The van der Waals surface area contributed by atoms with Crippen molar-refractivity contribution >= 4 is 31.4 Å². The van der Waals surface area contributed by atoms with Gasteiger partial charge in [-0.05, 0) is 42.7 Å². The number of nitrogens with zero attached hydrogens (tertiary/aromatic N) is 2. The number of rotatable bonds is 6. The molecule has 0 unspecified atom stereocenters. The number of hydrazone groups is 1. The minimum Gasteiger partial charge on any atom is -0.284 e. The van der Waals surface area contributed by atoms with Crippen LogP contribution in [-0.4, -0.2) is 39.0 Å². The molecule has 1 atom stereocenters. The third-order valence-electron chi connectivity index (χ3n) is 4.61. The molecule has 150 valence electrons. The molecule has 2 aromatic carbocycles. The highest BCUT2D eigenvalue weighted by molar-refractivity contribution is 7.92. The van der Waals surface area contributed by atoms with Gasteiger partial charge in [0.1, 0.15) is 0 Å². The fraction of sp³-hybridized carbons (Fsp3) is 0.316. The highest BCUT2D eigenvalue weighted by Gasteiger charge is 2.35. The van der Waals surface area contributed by atoms with E-state index in [4.69, 9.17) is 0 Å². The molecular formula is C19H23N3O4S2. The summed E-state index contributed by atoms with van der Waals surface area (Å²) < 4.78 is 52.0. The Morgan fingerprint density at radius 1 is 1.11 bits per heavy atom. The zero-order valence-electron chi connectivity index (χ0n) is 16.0. The molecule has 0 saturated carbocycles.